The quantitative estimate of drug-likeness (QED) is 0.770. The van der Waals surface area contributed by atoms with E-state index in [0.717, 1.165) is 32.1 Å². The van der Waals surface area contributed by atoms with Crippen molar-refractivity contribution in [1.82, 2.24) is 9.21 Å². The molecule has 1 aromatic rings. The second-order valence-electron chi connectivity index (χ2n) is 8.82. The Balaban J connectivity index is 1.61. The zero-order valence-corrected chi connectivity index (χ0v) is 18.8. The van der Waals surface area contributed by atoms with Gasteiger partial charge in [0.1, 0.15) is 0 Å². The molecule has 0 saturated carbocycles. The summed E-state index contributed by atoms with van der Waals surface area (Å²) in [6.45, 7) is 5.86. The van der Waals surface area contributed by atoms with Crippen molar-refractivity contribution in [3.05, 3.63) is 24.3 Å². The highest BCUT2D eigenvalue weighted by Gasteiger charge is 2.31. The fourth-order valence-electron chi connectivity index (χ4n) is 4.42. The number of nitrogens with zero attached hydrogens (tertiary/aromatic N) is 2. The highest BCUT2D eigenvalue weighted by atomic mass is 32.2. The molecule has 8 heteroatoms. The predicted octanol–water partition coefficient (Wildman–Crippen LogP) is 3.08. The summed E-state index contributed by atoms with van der Waals surface area (Å²) in [5.41, 5.74) is 0.527. The number of likely N-dealkylation sites (tertiary alicyclic amines) is 1. The van der Waals surface area contributed by atoms with E-state index in [4.69, 9.17) is 0 Å². The molecule has 3 rings (SSSR count). The molecule has 2 saturated heterocycles. The summed E-state index contributed by atoms with van der Waals surface area (Å²) in [6.07, 6.45) is 5.47. The maximum atomic E-state index is 13.0. The molecule has 0 bridgehead atoms. The maximum absolute atomic E-state index is 13.0. The van der Waals surface area contributed by atoms with Crippen molar-refractivity contribution in [2.24, 2.45) is 11.8 Å². The molecule has 2 fully saturated rings. The third-order valence-electron chi connectivity index (χ3n) is 5.87. The van der Waals surface area contributed by atoms with Crippen LogP contribution in [0.4, 0.5) is 5.69 Å². The molecule has 7 nitrogen and oxygen atoms in total. The lowest BCUT2D eigenvalue weighted by Gasteiger charge is -2.34. The van der Waals surface area contributed by atoms with Gasteiger partial charge in [0.2, 0.25) is 21.8 Å². The minimum atomic E-state index is -3.54. The lowest BCUT2D eigenvalue weighted by atomic mass is 9.94. The molecule has 166 valence electrons. The second-order valence-corrected chi connectivity index (χ2v) is 10.8. The largest absolute Gasteiger partial charge is 0.333 e. The number of carbonyl (C=O) groups is 2. The fourth-order valence-corrected chi connectivity index (χ4v) is 6.10. The summed E-state index contributed by atoms with van der Waals surface area (Å²) in [5, 5.41) is 2.78. The Bertz CT molecular complexity index is 844. The van der Waals surface area contributed by atoms with E-state index in [0.29, 0.717) is 43.6 Å². The van der Waals surface area contributed by atoms with Crippen molar-refractivity contribution < 1.29 is 18.0 Å². The lowest BCUT2D eigenvalue weighted by molar-refractivity contribution is -0.135. The van der Waals surface area contributed by atoms with Gasteiger partial charge in [-0.15, -0.1) is 0 Å². The zero-order valence-electron chi connectivity index (χ0n) is 18.0. The molecule has 2 amide bonds. The van der Waals surface area contributed by atoms with Gasteiger partial charge in [-0.2, -0.15) is 4.31 Å². The van der Waals surface area contributed by atoms with Crippen molar-refractivity contribution in [2.75, 3.05) is 31.5 Å². The molecular formula is C22H33N3O4S. The third-order valence-corrected chi connectivity index (χ3v) is 7.71. The number of amides is 2. The van der Waals surface area contributed by atoms with E-state index in [1.165, 1.54) is 12.1 Å². The highest BCUT2D eigenvalue weighted by molar-refractivity contribution is 7.89. The average Bonchev–Trinajstić information content (AvgIpc) is 2.67. The van der Waals surface area contributed by atoms with Crippen molar-refractivity contribution in [1.29, 1.82) is 0 Å². The van der Waals surface area contributed by atoms with E-state index in [1.807, 2.05) is 0 Å². The van der Waals surface area contributed by atoms with Gasteiger partial charge in [-0.1, -0.05) is 26.7 Å². The van der Waals surface area contributed by atoms with Crippen molar-refractivity contribution in [3.8, 4) is 0 Å². The highest BCUT2D eigenvalue weighted by Crippen LogP contribution is 2.27. The van der Waals surface area contributed by atoms with Crippen LogP contribution < -0.4 is 5.32 Å². The predicted molar refractivity (Wildman–Crippen MR) is 116 cm³/mol. The number of rotatable bonds is 5. The van der Waals surface area contributed by atoms with Crippen LogP contribution in [0.5, 0.6) is 0 Å². The van der Waals surface area contributed by atoms with Gasteiger partial charge < -0.3 is 10.2 Å². The van der Waals surface area contributed by atoms with Crippen molar-refractivity contribution >= 4 is 27.5 Å². The number of carbonyl (C=O) groups excluding carboxylic acids is 2. The molecular weight excluding hydrogens is 402 g/mol. The van der Waals surface area contributed by atoms with Crippen molar-refractivity contribution in [3.63, 3.8) is 0 Å². The van der Waals surface area contributed by atoms with Gasteiger partial charge in [0, 0.05) is 31.7 Å². The van der Waals surface area contributed by atoms with Crippen LogP contribution in [-0.4, -0.2) is 55.6 Å². The molecule has 1 aromatic carbocycles. The smallest absolute Gasteiger partial charge is 0.243 e. The first kappa shape index (κ1) is 22.7. The summed E-state index contributed by atoms with van der Waals surface area (Å²) in [5.74, 6) is 0.440. The number of hydrogen-bond donors (Lipinski definition) is 1. The Kier molecular flexibility index (Phi) is 7.52. The summed E-state index contributed by atoms with van der Waals surface area (Å²) in [4.78, 5) is 26.4. The van der Waals surface area contributed by atoms with Gasteiger partial charge in [0.15, 0.2) is 0 Å². The Morgan fingerprint density at radius 2 is 1.67 bits per heavy atom. The number of nitrogens with one attached hydrogen (secondary N) is 1. The van der Waals surface area contributed by atoms with E-state index in [1.54, 1.807) is 21.3 Å². The molecule has 1 N–H and O–H groups in total. The first-order chi connectivity index (χ1) is 14.3. The average molecular weight is 436 g/mol. The zero-order chi connectivity index (χ0) is 21.7. The van der Waals surface area contributed by atoms with E-state index >= 15 is 0 Å². The van der Waals surface area contributed by atoms with Crippen LogP contribution in [0.15, 0.2) is 29.2 Å². The maximum Gasteiger partial charge on any atom is 0.243 e. The van der Waals surface area contributed by atoms with E-state index in [-0.39, 0.29) is 23.3 Å². The Morgan fingerprint density at radius 1 is 1.03 bits per heavy atom. The van der Waals surface area contributed by atoms with Crippen LogP contribution >= 0.6 is 0 Å². The molecule has 0 spiro atoms. The number of hydrogen-bond acceptors (Lipinski definition) is 4. The molecule has 0 aliphatic carbocycles. The monoisotopic (exact) mass is 435 g/mol. The van der Waals surface area contributed by atoms with Gasteiger partial charge in [-0.3, -0.25) is 9.59 Å². The molecule has 2 unspecified atom stereocenters. The standard InChI is InChI=1S/C22H33N3O4S/c1-17-13-18(2)15-25(14-17)30(28,29)20-10-8-19(9-11-20)23-21(26)16-24-12-6-4-3-5-7-22(24)27/h8-11,17-18H,3-7,12-16H2,1-2H3,(H,23,26). The normalized spacial score (nSPS) is 24.2. The SMILES string of the molecule is CC1CC(C)CN(S(=O)(=O)c2ccc(NC(=O)CN3CCCCCCC3=O)cc2)C1. The van der Waals surface area contributed by atoms with Gasteiger partial charge in [-0.25, -0.2) is 8.42 Å². The Hall–Kier alpha value is -1.93. The van der Waals surface area contributed by atoms with Crippen LogP contribution in [0.2, 0.25) is 0 Å². The molecule has 0 radical (unpaired) electrons. The van der Waals surface area contributed by atoms with Crippen LogP contribution in [0.3, 0.4) is 0 Å². The number of sulfonamides is 1. The van der Waals surface area contributed by atoms with Crippen LogP contribution in [0.25, 0.3) is 0 Å². The third kappa shape index (κ3) is 5.82. The Labute approximate surface area is 179 Å². The van der Waals surface area contributed by atoms with Crippen LogP contribution in [0, 0.1) is 11.8 Å². The molecule has 2 atom stereocenters. The van der Waals surface area contributed by atoms with E-state index < -0.39 is 10.0 Å². The first-order valence-corrected chi connectivity index (χ1v) is 12.4. The summed E-state index contributed by atoms with van der Waals surface area (Å²) in [7, 11) is -3.54. The van der Waals surface area contributed by atoms with E-state index in [2.05, 4.69) is 19.2 Å². The lowest BCUT2D eigenvalue weighted by Crippen LogP contribution is -2.42. The second kappa shape index (κ2) is 9.92. The van der Waals surface area contributed by atoms with Crippen molar-refractivity contribution in [2.45, 2.75) is 57.3 Å². The molecule has 2 heterocycles. The topological polar surface area (TPSA) is 86.8 Å². The number of anilines is 1. The summed E-state index contributed by atoms with van der Waals surface area (Å²) < 4.78 is 27.5. The minimum Gasteiger partial charge on any atom is -0.333 e. The van der Waals surface area contributed by atoms with Gasteiger partial charge in [0.05, 0.1) is 11.4 Å². The molecule has 2 aliphatic heterocycles. The van der Waals surface area contributed by atoms with Gasteiger partial charge in [0.25, 0.3) is 0 Å². The Morgan fingerprint density at radius 3 is 2.33 bits per heavy atom. The van der Waals surface area contributed by atoms with Gasteiger partial charge >= 0.3 is 0 Å². The van der Waals surface area contributed by atoms with Crippen LogP contribution in [-0.2, 0) is 19.6 Å². The molecule has 2 aliphatic rings. The fraction of sp³-hybridized carbons (Fsp3) is 0.636. The molecule has 30 heavy (non-hydrogen) atoms. The number of benzene rings is 1. The van der Waals surface area contributed by atoms with E-state index in [9.17, 15) is 18.0 Å². The summed E-state index contributed by atoms with van der Waals surface area (Å²) in [6, 6.07) is 6.29. The minimum absolute atomic E-state index is 0.0243. The van der Waals surface area contributed by atoms with Gasteiger partial charge in [-0.05, 0) is 55.4 Å². The number of piperidine rings is 1. The summed E-state index contributed by atoms with van der Waals surface area (Å²) >= 11 is 0. The van der Waals surface area contributed by atoms with Crippen LogP contribution in [0.1, 0.15) is 52.4 Å². The first-order valence-electron chi connectivity index (χ1n) is 10.9. The molecule has 0 aromatic heterocycles.